The van der Waals surface area contributed by atoms with E-state index >= 15 is 0 Å². The second-order valence-electron chi connectivity index (χ2n) is 9.13. The van der Waals surface area contributed by atoms with Crippen molar-refractivity contribution in [2.24, 2.45) is 0 Å². The summed E-state index contributed by atoms with van der Waals surface area (Å²) in [6, 6.07) is 18.9. The molecule has 1 aliphatic rings. The highest BCUT2D eigenvalue weighted by atomic mass is 32.2. The molecule has 39 heavy (non-hydrogen) atoms. The van der Waals surface area contributed by atoms with E-state index in [4.69, 9.17) is 0 Å². The van der Waals surface area contributed by atoms with Crippen LogP contribution in [-0.2, 0) is 11.9 Å². The van der Waals surface area contributed by atoms with Gasteiger partial charge in [-0.05, 0) is 55.0 Å². The molecule has 0 aliphatic carbocycles. The van der Waals surface area contributed by atoms with E-state index in [-0.39, 0.29) is 11.7 Å². The van der Waals surface area contributed by atoms with E-state index in [1.807, 2.05) is 17.0 Å². The zero-order valence-electron chi connectivity index (χ0n) is 21.0. The molecule has 6 nitrogen and oxygen atoms in total. The van der Waals surface area contributed by atoms with Gasteiger partial charge in [-0.1, -0.05) is 42.1 Å². The van der Waals surface area contributed by atoms with Crippen LogP contribution in [0.2, 0.25) is 0 Å². The Morgan fingerprint density at radius 1 is 0.923 bits per heavy atom. The molecule has 0 unspecified atom stereocenters. The topological polar surface area (TPSA) is 54.3 Å². The Kier molecular flexibility index (Phi) is 7.60. The first-order chi connectivity index (χ1) is 18.7. The number of nitrogens with zero attached hydrogens (tertiary/aromatic N) is 5. The molecule has 4 aromatic rings. The molecule has 1 aliphatic heterocycles. The Balaban J connectivity index is 1.21. The molecule has 1 amide bonds. The number of piperazine rings is 1. The quantitative estimate of drug-likeness (QED) is 0.216. The van der Waals surface area contributed by atoms with Gasteiger partial charge in [-0.25, -0.2) is 4.39 Å². The minimum Gasteiger partial charge on any atom is -0.366 e. The third-order valence-electron chi connectivity index (χ3n) is 6.56. The lowest BCUT2D eigenvalue weighted by Crippen LogP contribution is -2.49. The molecular weight excluding hydrogens is 530 g/mol. The predicted octanol–water partition coefficient (Wildman–Crippen LogP) is 5.99. The lowest BCUT2D eigenvalue weighted by atomic mass is 10.1. The first-order valence-electron chi connectivity index (χ1n) is 12.3. The minimum atomic E-state index is -4.45. The second kappa shape index (κ2) is 11.1. The summed E-state index contributed by atoms with van der Waals surface area (Å²) in [6.45, 7) is 3.78. The van der Waals surface area contributed by atoms with E-state index in [1.165, 1.54) is 23.9 Å². The standard InChI is InChI=1S/C28H25F4N5OS/c1-19-33-34-27(37(19)23-6-4-5-22(17-23)28(30,31)32)39-18-20-9-11-21(12-10-20)26(38)36-15-13-35(14-16-36)25-8-3-2-7-24(25)29/h2-12,17H,13-16,18H2,1H3. The lowest BCUT2D eigenvalue weighted by molar-refractivity contribution is -0.137. The fourth-order valence-corrected chi connectivity index (χ4v) is 5.44. The van der Waals surface area contributed by atoms with Crippen molar-refractivity contribution in [2.45, 2.75) is 24.0 Å². The van der Waals surface area contributed by atoms with Crippen LogP contribution in [0.5, 0.6) is 0 Å². The summed E-state index contributed by atoms with van der Waals surface area (Å²) in [4.78, 5) is 16.7. The number of anilines is 1. The molecule has 0 radical (unpaired) electrons. The van der Waals surface area contributed by atoms with Crippen molar-refractivity contribution in [1.29, 1.82) is 0 Å². The van der Waals surface area contributed by atoms with Crippen molar-refractivity contribution < 1.29 is 22.4 Å². The number of benzene rings is 3. The molecule has 0 atom stereocenters. The van der Waals surface area contributed by atoms with Crippen LogP contribution in [0.4, 0.5) is 23.2 Å². The summed E-state index contributed by atoms with van der Waals surface area (Å²) in [5.74, 6) is 0.622. The third kappa shape index (κ3) is 5.93. The van der Waals surface area contributed by atoms with Crippen molar-refractivity contribution in [3.05, 3.63) is 101 Å². The summed E-state index contributed by atoms with van der Waals surface area (Å²) >= 11 is 1.35. The van der Waals surface area contributed by atoms with Gasteiger partial charge in [0.25, 0.3) is 5.91 Å². The number of aryl methyl sites for hydroxylation is 1. The van der Waals surface area contributed by atoms with Crippen LogP contribution in [0.3, 0.4) is 0 Å². The number of hydrogen-bond donors (Lipinski definition) is 0. The van der Waals surface area contributed by atoms with Gasteiger partial charge in [0.05, 0.1) is 11.3 Å². The molecule has 11 heteroatoms. The lowest BCUT2D eigenvalue weighted by Gasteiger charge is -2.36. The summed E-state index contributed by atoms with van der Waals surface area (Å²) < 4.78 is 55.3. The number of alkyl halides is 3. The van der Waals surface area contributed by atoms with Gasteiger partial charge < -0.3 is 9.80 Å². The predicted molar refractivity (Wildman–Crippen MR) is 142 cm³/mol. The van der Waals surface area contributed by atoms with Gasteiger partial charge in [-0.3, -0.25) is 9.36 Å². The van der Waals surface area contributed by atoms with E-state index in [0.29, 0.717) is 59.9 Å². The fraction of sp³-hybridized carbons (Fsp3) is 0.250. The van der Waals surface area contributed by atoms with Crippen molar-refractivity contribution in [1.82, 2.24) is 19.7 Å². The number of amides is 1. The van der Waals surface area contributed by atoms with Gasteiger partial charge in [0.1, 0.15) is 11.6 Å². The van der Waals surface area contributed by atoms with Crippen molar-refractivity contribution >= 4 is 23.4 Å². The van der Waals surface area contributed by atoms with Crippen molar-refractivity contribution in [3.63, 3.8) is 0 Å². The highest BCUT2D eigenvalue weighted by molar-refractivity contribution is 7.98. The Morgan fingerprint density at radius 3 is 2.33 bits per heavy atom. The van der Waals surface area contributed by atoms with E-state index < -0.39 is 11.7 Å². The van der Waals surface area contributed by atoms with Crippen molar-refractivity contribution in [3.8, 4) is 5.69 Å². The van der Waals surface area contributed by atoms with Gasteiger partial charge in [0.2, 0.25) is 0 Å². The Labute approximate surface area is 227 Å². The molecule has 1 fully saturated rings. The van der Waals surface area contributed by atoms with E-state index in [9.17, 15) is 22.4 Å². The van der Waals surface area contributed by atoms with Crippen LogP contribution in [0.15, 0.2) is 78.0 Å². The Hall–Kier alpha value is -3.86. The smallest absolute Gasteiger partial charge is 0.366 e. The molecule has 3 aromatic carbocycles. The average molecular weight is 556 g/mol. The molecular formula is C28H25F4N5OS. The van der Waals surface area contributed by atoms with E-state index in [0.717, 1.165) is 17.7 Å². The average Bonchev–Trinajstić information content (AvgIpc) is 3.32. The maximum absolute atomic E-state index is 14.1. The second-order valence-corrected chi connectivity index (χ2v) is 10.1. The number of para-hydroxylation sites is 1. The number of hydrogen-bond acceptors (Lipinski definition) is 5. The SMILES string of the molecule is Cc1nnc(SCc2ccc(C(=O)N3CCN(c4ccccc4F)CC3)cc2)n1-c1cccc(C(F)(F)F)c1. The van der Waals surface area contributed by atoms with Crippen LogP contribution in [0.1, 0.15) is 27.3 Å². The number of aromatic nitrogens is 3. The van der Waals surface area contributed by atoms with Gasteiger partial charge in [-0.15, -0.1) is 10.2 Å². The largest absolute Gasteiger partial charge is 0.416 e. The summed E-state index contributed by atoms with van der Waals surface area (Å²) in [7, 11) is 0. The summed E-state index contributed by atoms with van der Waals surface area (Å²) in [6.07, 6.45) is -4.45. The number of halogens is 4. The Morgan fingerprint density at radius 2 is 1.64 bits per heavy atom. The summed E-state index contributed by atoms with van der Waals surface area (Å²) in [5, 5.41) is 8.67. The van der Waals surface area contributed by atoms with Gasteiger partial charge >= 0.3 is 6.18 Å². The molecule has 0 N–H and O–H groups in total. The maximum Gasteiger partial charge on any atom is 0.416 e. The van der Waals surface area contributed by atoms with E-state index in [1.54, 1.807) is 52.8 Å². The molecule has 1 saturated heterocycles. The molecule has 2 heterocycles. The van der Waals surface area contributed by atoms with Crippen LogP contribution >= 0.6 is 11.8 Å². The van der Waals surface area contributed by atoms with Crippen LogP contribution in [0, 0.1) is 12.7 Å². The summed E-state index contributed by atoms with van der Waals surface area (Å²) in [5.41, 5.74) is 1.64. The normalized spacial score (nSPS) is 14.1. The fourth-order valence-electron chi connectivity index (χ4n) is 4.49. The van der Waals surface area contributed by atoms with Crippen LogP contribution in [-0.4, -0.2) is 51.8 Å². The first kappa shape index (κ1) is 26.7. The van der Waals surface area contributed by atoms with Gasteiger partial charge in [-0.2, -0.15) is 13.2 Å². The molecule has 0 bridgehead atoms. The zero-order valence-corrected chi connectivity index (χ0v) is 21.8. The first-order valence-corrected chi connectivity index (χ1v) is 13.3. The molecule has 0 spiro atoms. The number of carbonyl (C=O) groups excluding carboxylic acids is 1. The third-order valence-corrected chi connectivity index (χ3v) is 7.56. The van der Waals surface area contributed by atoms with Gasteiger partial charge in [0, 0.05) is 43.2 Å². The van der Waals surface area contributed by atoms with Gasteiger partial charge in [0.15, 0.2) is 5.16 Å². The number of thioether (sulfide) groups is 1. The van der Waals surface area contributed by atoms with Crippen LogP contribution < -0.4 is 4.90 Å². The molecule has 1 aromatic heterocycles. The number of carbonyl (C=O) groups is 1. The molecule has 0 saturated carbocycles. The van der Waals surface area contributed by atoms with Crippen molar-refractivity contribution in [2.75, 3.05) is 31.1 Å². The molecule has 202 valence electrons. The molecule has 5 rings (SSSR count). The maximum atomic E-state index is 14.1. The highest BCUT2D eigenvalue weighted by Crippen LogP contribution is 2.32. The monoisotopic (exact) mass is 555 g/mol. The minimum absolute atomic E-state index is 0.0812. The van der Waals surface area contributed by atoms with Crippen LogP contribution in [0.25, 0.3) is 5.69 Å². The number of rotatable bonds is 6. The zero-order chi connectivity index (χ0) is 27.6. The highest BCUT2D eigenvalue weighted by Gasteiger charge is 2.31. The Bertz CT molecular complexity index is 1460. The van der Waals surface area contributed by atoms with E-state index in [2.05, 4.69) is 10.2 Å².